The molecule has 1 N–H and O–H groups in total. The molecular formula is C20H26FNO. The van der Waals surface area contributed by atoms with E-state index in [0.717, 1.165) is 32.5 Å². The number of halogens is 1. The number of alkyl halides is 1. The van der Waals surface area contributed by atoms with E-state index in [4.69, 9.17) is 0 Å². The van der Waals surface area contributed by atoms with Crippen LogP contribution in [0.2, 0.25) is 0 Å². The van der Waals surface area contributed by atoms with Gasteiger partial charge < -0.3 is 10.0 Å². The van der Waals surface area contributed by atoms with E-state index in [-0.39, 0.29) is 5.75 Å². The van der Waals surface area contributed by atoms with Gasteiger partial charge >= 0.3 is 0 Å². The molecule has 3 heteroatoms. The Bertz CT molecular complexity index is 571. The third-order valence-electron chi connectivity index (χ3n) is 4.55. The molecule has 1 saturated heterocycles. The maximum atomic E-state index is 15.1. The van der Waals surface area contributed by atoms with E-state index in [1.807, 2.05) is 12.2 Å². The first-order valence-corrected chi connectivity index (χ1v) is 8.22. The second kappa shape index (κ2) is 8.11. The van der Waals surface area contributed by atoms with Gasteiger partial charge in [-0.05, 0) is 55.5 Å². The standard InChI is InChI=1S/C20H26FNO/c1-3-7-17(4-2)8-6-13-22-14-11-20(21,12-15-22)18-9-5-10-19(23)16-18/h3-5,7,9-10,16,23H,1-2,6,8,11-15H2/b17-7+. The Balaban J connectivity index is 1.83. The monoisotopic (exact) mass is 315 g/mol. The highest BCUT2D eigenvalue weighted by atomic mass is 19.1. The van der Waals surface area contributed by atoms with Gasteiger partial charge in [-0.1, -0.05) is 43.5 Å². The molecule has 0 unspecified atom stereocenters. The average Bonchev–Trinajstić information content (AvgIpc) is 2.56. The number of phenols is 1. The number of hydrogen-bond donors (Lipinski definition) is 1. The van der Waals surface area contributed by atoms with Crippen molar-refractivity contribution in [1.82, 2.24) is 4.90 Å². The Labute approximate surface area is 138 Å². The number of piperidine rings is 1. The van der Waals surface area contributed by atoms with Crippen molar-refractivity contribution in [3.05, 3.63) is 66.8 Å². The minimum absolute atomic E-state index is 0.132. The normalized spacial score (nSPS) is 18.6. The third kappa shape index (κ3) is 4.80. The number of nitrogens with zero attached hydrogens (tertiary/aromatic N) is 1. The van der Waals surface area contributed by atoms with Crippen molar-refractivity contribution < 1.29 is 9.50 Å². The van der Waals surface area contributed by atoms with Crippen molar-refractivity contribution in [2.24, 2.45) is 0 Å². The highest BCUT2D eigenvalue weighted by molar-refractivity contribution is 5.31. The lowest BCUT2D eigenvalue weighted by atomic mass is 9.86. The summed E-state index contributed by atoms with van der Waals surface area (Å²) in [4.78, 5) is 2.31. The predicted octanol–water partition coefficient (Wildman–Crippen LogP) is 4.73. The van der Waals surface area contributed by atoms with Crippen LogP contribution in [0, 0.1) is 0 Å². The molecule has 1 heterocycles. The summed E-state index contributed by atoms with van der Waals surface area (Å²) in [6.07, 6.45) is 8.60. The number of rotatable bonds is 7. The number of likely N-dealkylation sites (tertiary alicyclic amines) is 1. The van der Waals surface area contributed by atoms with Gasteiger partial charge in [0.2, 0.25) is 0 Å². The fourth-order valence-corrected chi connectivity index (χ4v) is 3.12. The van der Waals surface area contributed by atoms with Crippen LogP contribution in [0.4, 0.5) is 4.39 Å². The van der Waals surface area contributed by atoms with Crippen LogP contribution in [0.25, 0.3) is 0 Å². The molecule has 1 aromatic carbocycles. The van der Waals surface area contributed by atoms with E-state index in [2.05, 4.69) is 18.1 Å². The Morgan fingerprint density at radius 1 is 1.30 bits per heavy atom. The second-order valence-corrected chi connectivity index (χ2v) is 6.14. The fraction of sp³-hybridized carbons (Fsp3) is 0.400. The molecule has 0 aromatic heterocycles. The van der Waals surface area contributed by atoms with Gasteiger partial charge in [0.15, 0.2) is 0 Å². The Morgan fingerprint density at radius 2 is 2.04 bits per heavy atom. The van der Waals surface area contributed by atoms with E-state index in [9.17, 15) is 5.11 Å². The zero-order valence-corrected chi connectivity index (χ0v) is 13.7. The lowest BCUT2D eigenvalue weighted by Gasteiger charge is -2.36. The van der Waals surface area contributed by atoms with Crippen LogP contribution in [0.15, 0.2) is 61.2 Å². The van der Waals surface area contributed by atoms with Crippen LogP contribution in [0.3, 0.4) is 0 Å². The number of allylic oxidation sites excluding steroid dienone is 4. The molecule has 0 amide bonds. The van der Waals surface area contributed by atoms with Crippen molar-refractivity contribution in [2.75, 3.05) is 19.6 Å². The van der Waals surface area contributed by atoms with Gasteiger partial charge in [-0.2, -0.15) is 0 Å². The zero-order chi connectivity index (χ0) is 16.7. The molecule has 2 rings (SSSR count). The summed E-state index contributed by atoms with van der Waals surface area (Å²) in [5, 5.41) is 9.55. The van der Waals surface area contributed by atoms with Gasteiger partial charge in [0.05, 0.1) is 0 Å². The van der Waals surface area contributed by atoms with E-state index in [1.165, 1.54) is 5.57 Å². The Kier molecular flexibility index (Phi) is 6.17. The molecule has 0 aliphatic carbocycles. The largest absolute Gasteiger partial charge is 0.508 e. The highest BCUT2D eigenvalue weighted by Crippen LogP contribution is 2.38. The minimum Gasteiger partial charge on any atom is -0.508 e. The molecule has 1 fully saturated rings. The first-order chi connectivity index (χ1) is 11.1. The molecule has 0 spiro atoms. The lowest BCUT2D eigenvalue weighted by Crippen LogP contribution is -2.40. The molecule has 2 nitrogen and oxygen atoms in total. The van der Waals surface area contributed by atoms with Crippen molar-refractivity contribution in [2.45, 2.75) is 31.4 Å². The summed E-state index contributed by atoms with van der Waals surface area (Å²) in [7, 11) is 0. The van der Waals surface area contributed by atoms with Crippen LogP contribution in [0.1, 0.15) is 31.2 Å². The molecule has 0 bridgehead atoms. The molecule has 0 radical (unpaired) electrons. The molecule has 0 saturated carbocycles. The molecular weight excluding hydrogens is 289 g/mol. The first-order valence-electron chi connectivity index (χ1n) is 8.22. The predicted molar refractivity (Wildman–Crippen MR) is 94.3 cm³/mol. The van der Waals surface area contributed by atoms with Gasteiger partial charge in [-0.25, -0.2) is 4.39 Å². The SMILES string of the molecule is C=C/C=C(\C=C)CCCN1CCC(F)(c2cccc(O)c2)CC1. The topological polar surface area (TPSA) is 23.5 Å². The van der Waals surface area contributed by atoms with E-state index >= 15 is 4.39 Å². The summed E-state index contributed by atoms with van der Waals surface area (Å²) in [5.74, 6) is 0.132. The van der Waals surface area contributed by atoms with E-state index in [0.29, 0.717) is 18.4 Å². The molecule has 1 aliphatic heterocycles. The Hall–Kier alpha value is -1.87. The minimum atomic E-state index is -1.32. The van der Waals surface area contributed by atoms with Gasteiger partial charge in [-0.15, -0.1) is 0 Å². The van der Waals surface area contributed by atoms with Gasteiger partial charge in [0.1, 0.15) is 11.4 Å². The average molecular weight is 315 g/mol. The third-order valence-corrected chi connectivity index (χ3v) is 4.55. The first kappa shape index (κ1) is 17.5. The fourth-order valence-electron chi connectivity index (χ4n) is 3.12. The van der Waals surface area contributed by atoms with Crippen LogP contribution in [0.5, 0.6) is 5.75 Å². The van der Waals surface area contributed by atoms with E-state index < -0.39 is 5.67 Å². The molecule has 1 aromatic rings. The molecule has 0 atom stereocenters. The van der Waals surface area contributed by atoms with Crippen molar-refractivity contribution in [3.8, 4) is 5.75 Å². The van der Waals surface area contributed by atoms with Crippen LogP contribution in [-0.4, -0.2) is 29.6 Å². The highest BCUT2D eigenvalue weighted by Gasteiger charge is 2.36. The maximum Gasteiger partial charge on any atom is 0.138 e. The molecule has 124 valence electrons. The number of hydrogen-bond acceptors (Lipinski definition) is 2. The van der Waals surface area contributed by atoms with E-state index in [1.54, 1.807) is 30.3 Å². The summed E-state index contributed by atoms with van der Waals surface area (Å²) in [6, 6.07) is 6.61. The molecule has 23 heavy (non-hydrogen) atoms. The van der Waals surface area contributed by atoms with Gasteiger partial charge in [0.25, 0.3) is 0 Å². The lowest BCUT2D eigenvalue weighted by molar-refractivity contribution is 0.0554. The van der Waals surface area contributed by atoms with Crippen LogP contribution >= 0.6 is 0 Å². The van der Waals surface area contributed by atoms with Gasteiger partial charge in [0, 0.05) is 13.1 Å². The number of phenolic OH excluding ortho intramolecular Hbond substituents is 1. The number of benzene rings is 1. The van der Waals surface area contributed by atoms with Crippen molar-refractivity contribution in [3.63, 3.8) is 0 Å². The van der Waals surface area contributed by atoms with Crippen molar-refractivity contribution in [1.29, 1.82) is 0 Å². The maximum absolute atomic E-state index is 15.1. The van der Waals surface area contributed by atoms with Crippen molar-refractivity contribution >= 4 is 0 Å². The quantitative estimate of drug-likeness (QED) is 0.735. The summed E-state index contributed by atoms with van der Waals surface area (Å²) < 4.78 is 15.1. The van der Waals surface area contributed by atoms with Crippen LogP contribution in [-0.2, 0) is 5.67 Å². The van der Waals surface area contributed by atoms with Gasteiger partial charge in [-0.3, -0.25) is 0 Å². The molecule has 1 aliphatic rings. The summed E-state index contributed by atoms with van der Waals surface area (Å²) >= 11 is 0. The van der Waals surface area contributed by atoms with Crippen LogP contribution < -0.4 is 0 Å². The smallest absolute Gasteiger partial charge is 0.138 e. The second-order valence-electron chi connectivity index (χ2n) is 6.14. The number of aromatic hydroxyl groups is 1. The zero-order valence-electron chi connectivity index (χ0n) is 13.7. The summed E-state index contributed by atoms with van der Waals surface area (Å²) in [6.45, 7) is 9.98. The Morgan fingerprint density at radius 3 is 2.65 bits per heavy atom. The summed E-state index contributed by atoms with van der Waals surface area (Å²) in [5.41, 5.74) is 0.473.